The Kier molecular flexibility index (Phi) is 7.68. The molecule has 0 aliphatic rings. The molecule has 0 amide bonds. The zero-order valence-corrected chi connectivity index (χ0v) is 17.1. The summed E-state index contributed by atoms with van der Waals surface area (Å²) in [6.45, 7) is 1.39. The monoisotopic (exact) mass is 499 g/mol. The molecule has 0 saturated carbocycles. The van der Waals surface area contributed by atoms with Gasteiger partial charge in [-0.25, -0.2) is 4.39 Å². The minimum Gasteiger partial charge on any atom is -0.298 e. The normalized spacial score (nSPS) is 14.4. The smallest absolute Gasteiger partial charge is 0.298 e. The molecule has 10 heteroatoms. The number of alkyl halides is 7. The third-order valence-electron chi connectivity index (χ3n) is 4.39. The van der Waals surface area contributed by atoms with Crippen LogP contribution in [0, 0.1) is 5.82 Å². The van der Waals surface area contributed by atoms with Crippen LogP contribution < -0.4 is 5.32 Å². The lowest BCUT2D eigenvalue weighted by Crippen LogP contribution is -2.30. The van der Waals surface area contributed by atoms with Crippen LogP contribution in [-0.4, -0.2) is 17.3 Å². The van der Waals surface area contributed by atoms with Gasteiger partial charge < -0.3 is 0 Å². The predicted molar refractivity (Wildman–Crippen MR) is 101 cm³/mol. The second-order valence-electron chi connectivity index (χ2n) is 6.75. The van der Waals surface area contributed by atoms with Crippen molar-refractivity contribution in [2.45, 2.75) is 36.6 Å². The van der Waals surface area contributed by atoms with Gasteiger partial charge in [0, 0.05) is 5.56 Å². The molecule has 0 aliphatic heterocycles. The maximum Gasteiger partial charge on any atom is 0.416 e. The van der Waals surface area contributed by atoms with Crippen molar-refractivity contribution >= 4 is 21.7 Å². The van der Waals surface area contributed by atoms with Gasteiger partial charge in [0.05, 0.1) is 22.6 Å². The Bertz CT molecular complexity index is 846. The van der Waals surface area contributed by atoms with Crippen LogP contribution in [0.3, 0.4) is 0 Å². The second-order valence-corrected chi connectivity index (χ2v) is 7.86. The first-order valence-electron chi connectivity index (χ1n) is 8.73. The van der Waals surface area contributed by atoms with E-state index in [2.05, 4.69) is 21.2 Å². The number of carbonyl (C=O) groups is 1. The second kappa shape index (κ2) is 9.47. The van der Waals surface area contributed by atoms with Crippen molar-refractivity contribution in [3.05, 3.63) is 70.5 Å². The van der Waals surface area contributed by atoms with Crippen LogP contribution in [-0.2, 0) is 12.4 Å². The van der Waals surface area contributed by atoms with E-state index < -0.39 is 46.3 Å². The molecule has 0 bridgehead atoms. The molecule has 2 atom stereocenters. The lowest BCUT2D eigenvalue weighted by atomic mass is 9.97. The van der Waals surface area contributed by atoms with Crippen molar-refractivity contribution in [3.8, 4) is 0 Å². The Morgan fingerprint density at radius 3 is 1.93 bits per heavy atom. The number of benzene rings is 2. The summed E-state index contributed by atoms with van der Waals surface area (Å²) in [7, 11) is 0. The highest BCUT2D eigenvalue weighted by atomic mass is 79.9. The maximum atomic E-state index is 13.0. The van der Waals surface area contributed by atoms with E-state index in [1.54, 1.807) is 12.1 Å². The Morgan fingerprint density at radius 1 is 0.967 bits per heavy atom. The molecule has 2 aromatic carbocycles. The van der Waals surface area contributed by atoms with Crippen molar-refractivity contribution in [2.24, 2.45) is 0 Å². The van der Waals surface area contributed by atoms with Crippen molar-refractivity contribution in [1.29, 1.82) is 0 Å². The van der Waals surface area contributed by atoms with E-state index in [-0.39, 0.29) is 17.8 Å². The fourth-order valence-electron chi connectivity index (χ4n) is 2.74. The fourth-order valence-corrected chi connectivity index (χ4v) is 3.47. The van der Waals surface area contributed by atoms with Crippen LogP contribution in [0.15, 0.2) is 42.5 Å². The first-order chi connectivity index (χ1) is 13.8. The van der Waals surface area contributed by atoms with Gasteiger partial charge >= 0.3 is 12.4 Å². The van der Waals surface area contributed by atoms with Crippen molar-refractivity contribution in [2.75, 3.05) is 6.54 Å². The lowest BCUT2D eigenvalue weighted by molar-refractivity contribution is -0.143. The third kappa shape index (κ3) is 6.80. The van der Waals surface area contributed by atoms with E-state index >= 15 is 0 Å². The van der Waals surface area contributed by atoms with Crippen molar-refractivity contribution in [3.63, 3.8) is 0 Å². The van der Waals surface area contributed by atoms with Crippen LogP contribution in [0.5, 0.6) is 0 Å². The highest BCUT2D eigenvalue weighted by Crippen LogP contribution is 2.36. The third-order valence-corrected chi connectivity index (χ3v) is 5.09. The predicted octanol–water partition coefficient (Wildman–Crippen LogP) is 6.55. The molecule has 2 nitrogen and oxygen atoms in total. The number of halogens is 8. The number of carbonyl (C=O) groups excluding carboxylic acids is 1. The molecule has 0 spiro atoms. The van der Waals surface area contributed by atoms with Crippen LogP contribution in [0.1, 0.15) is 46.3 Å². The van der Waals surface area contributed by atoms with E-state index in [1.807, 2.05) is 6.92 Å². The van der Waals surface area contributed by atoms with Crippen molar-refractivity contribution < 1.29 is 35.5 Å². The van der Waals surface area contributed by atoms with E-state index in [0.717, 1.165) is 5.56 Å². The number of hydrogen-bond donors (Lipinski definition) is 1. The minimum absolute atomic E-state index is 0.0259. The Balaban J connectivity index is 2.07. The molecule has 0 aromatic heterocycles. The maximum absolute atomic E-state index is 13.0. The van der Waals surface area contributed by atoms with Gasteiger partial charge in [0.1, 0.15) is 5.82 Å². The van der Waals surface area contributed by atoms with Crippen LogP contribution >= 0.6 is 15.9 Å². The zero-order valence-electron chi connectivity index (χ0n) is 15.5. The molecular weight excluding hydrogens is 483 g/mol. The van der Waals surface area contributed by atoms with Gasteiger partial charge in [0.15, 0.2) is 5.78 Å². The molecule has 0 aliphatic carbocycles. The number of nitrogens with one attached hydrogen (secondary N) is 1. The quantitative estimate of drug-likeness (QED) is 0.202. The lowest BCUT2D eigenvalue weighted by Gasteiger charge is -2.18. The van der Waals surface area contributed by atoms with Gasteiger partial charge in [-0.1, -0.05) is 35.0 Å². The molecule has 30 heavy (non-hydrogen) atoms. The van der Waals surface area contributed by atoms with Gasteiger partial charge in [0.25, 0.3) is 0 Å². The first kappa shape index (κ1) is 24.3. The summed E-state index contributed by atoms with van der Waals surface area (Å²) in [4.78, 5) is 11.8. The summed E-state index contributed by atoms with van der Waals surface area (Å²) < 4.78 is 90.5. The molecule has 0 saturated heterocycles. The zero-order chi connectivity index (χ0) is 22.7. The van der Waals surface area contributed by atoms with Crippen LogP contribution in [0.2, 0.25) is 0 Å². The van der Waals surface area contributed by atoms with E-state index in [9.17, 15) is 35.5 Å². The molecule has 2 rings (SSSR count). The number of Topliss-reactive ketones (excluding diaryl/α,β-unsaturated/α-hetero) is 1. The summed E-state index contributed by atoms with van der Waals surface area (Å²) in [5.74, 6) is -1.35. The SMILES string of the molecule is CC(CC(Br)NCC(=O)c1cc(C(F)(F)F)cc(C(F)(F)F)c1)c1ccc(F)cc1. The first-order valence-corrected chi connectivity index (χ1v) is 9.64. The Morgan fingerprint density at radius 2 is 1.47 bits per heavy atom. The van der Waals surface area contributed by atoms with Crippen LogP contribution in [0.25, 0.3) is 0 Å². The minimum atomic E-state index is -5.02. The van der Waals surface area contributed by atoms with Gasteiger partial charge in [0.2, 0.25) is 0 Å². The van der Waals surface area contributed by atoms with Gasteiger partial charge in [-0.05, 0) is 48.2 Å². The summed E-state index contributed by atoms with van der Waals surface area (Å²) in [6, 6.07) is 6.60. The number of rotatable bonds is 7. The average molecular weight is 500 g/mol. The Labute approximate surface area is 176 Å². The van der Waals surface area contributed by atoms with Gasteiger partial charge in [-0.15, -0.1) is 0 Å². The van der Waals surface area contributed by atoms with E-state index in [4.69, 9.17) is 0 Å². The Hall–Kier alpha value is -1.94. The molecular formula is C20H17BrF7NO. The fraction of sp³-hybridized carbons (Fsp3) is 0.350. The van der Waals surface area contributed by atoms with Crippen molar-refractivity contribution in [1.82, 2.24) is 5.32 Å². The van der Waals surface area contributed by atoms with E-state index in [1.165, 1.54) is 12.1 Å². The van der Waals surface area contributed by atoms with Crippen LogP contribution in [0.4, 0.5) is 30.7 Å². The molecule has 0 heterocycles. The highest BCUT2D eigenvalue weighted by Gasteiger charge is 2.37. The van der Waals surface area contributed by atoms with Gasteiger partial charge in [-0.3, -0.25) is 10.1 Å². The summed E-state index contributed by atoms with van der Waals surface area (Å²) in [6.07, 6.45) is -9.60. The molecule has 0 fully saturated rings. The summed E-state index contributed by atoms with van der Waals surface area (Å²) >= 11 is 3.29. The standard InChI is InChI=1S/C20H17BrF7NO/c1-11(12-2-4-16(22)5-3-12)6-18(21)29-10-17(30)13-7-14(19(23,24)25)9-15(8-13)20(26,27)28/h2-5,7-9,11,18,29H,6,10H2,1H3. The summed E-state index contributed by atoms with van der Waals surface area (Å²) in [5, 5.41) is 2.74. The molecule has 164 valence electrons. The topological polar surface area (TPSA) is 29.1 Å². The molecule has 0 radical (unpaired) electrons. The molecule has 2 aromatic rings. The molecule has 1 N–H and O–H groups in total. The largest absolute Gasteiger partial charge is 0.416 e. The average Bonchev–Trinajstić information content (AvgIpc) is 2.64. The highest BCUT2D eigenvalue weighted by molar-refractivity contribution is 9.09. The number of hydrogen-bond acceptors (Lipinski definition) is 2. The van der Waals surface area contributed by atoms with E-state index in [0.29, 0.717) is 18.6 Å². The number of ketones is 1. The molecule has 2 unspecified atom stereocenters. The summed E-state index contributed by atoms with van der Waals surface area (Å²) in [5.41, 5.74) is -2.93. The van der Waals surface area contributed by atoms with Gasteiger partial charge in [-0.2, -0.15) is 26.3 Å².